The zero-order valence-electron chi connectivity index (χ0n) is 20.5. The van der Waals surface area contributed by atoms with Gasteiger partial charge in [-0.2, -0.15) is 0 Å². The van der Waals surface area contributed by atoms with E-state index in [1.165, 1.54) is 37.8 Å². The van der Waals surface area contributed by atoms with E-state index < -0.39 is 22.9 Å². The molecule has 1 saturated heterocycles. The minimum atomic E-state index is -0.814. The molecule has 0 N–H and O–H groups in total. The first-order chi connectivity index (χ1) is 17.5. The maximum atomic E-state index is 15.2. The summed E-state index contributed by atoms with van der Waals surface area (Å²) < 4.78 is 60.2. The normalized spacial score (nSPS) is 18.1. The fraction of sp³-hybridized carbons (Fsp3) is 0.448. The van der Waals surface area contributed by atoms with Crippen molar-refractivity contribution in [3.63, 3.8) is 0 Å². The van der Waals surface area contributed by atoms with Crippen molar-refractivity contribution < 1.29 is 27.4 Å². The molecule has 1 heterocycles. The Bertz CT molecular complexity index is 1140. The molecule has 4 rings (SSSR count). The van der Waals surface area contributed by atoms with Gasteiger partial charge < -0.3 is 14.2 Å². The van der Waals surface area contributed by atoms with E-state index >= 15 is 4.39 Å². The molecule has 0 atom stereocenters. The lowest BCUT2D eigenvalue weighted by Crippen LogP contribution is -2.33. The van der Waals surface area contributed by atoms with Gasteiger partial charge in [0.2, 0.25) is 0 Å². The van der Waals surface area contributed by atoms with Crippen LogP contribution in [0.4, 0.5) is 13.2 Å². The summed E-state index contributed by atoms with van der Waals surface area (Å²) in [5, 5.41) is 0.679. The van der Waals surface area contributed by atoms with Crippen LogP contribution >= 0.6 is 11.6 Å². The predicted octanol–water partition coefficient (Wildman–Crippen LogP) is 8.10. The third-order valence-electron chi connectivity index (χ3n) is 6.53. The maximum absolute atomic E-state index is 15.2. The topological polar surface area (TPSA) is 27.7 Å². The zero-order chi connectivity index (χ0) is 25.5. The summed E-state index contributed by atoms with van der Waals surface area (Å²) in [7, 11) is 0. The molecule has 0 radical (unpaired) electrons. The van der Waals surface area contributed by atoms with Crippen molar-refractivity contribution in [3.05, 3.63) is 81.6 Å². The molecule has 0 amide bonds. The molecule has 1 aliphatic rings. The Morgan fingerprint density at radius 2 is 1.61 bits per heavy atom. The molecule has 1 fully saturated rings. The van der Waals surface area contributed by atoms with E-state index in [2.05, 4.69) is 6.92 Å². The number of unbranched alkanes of at least 4 members (excludes halogenated alkanes) is 4. The zero-order valence-corrected chi connectivity index (χ0v) is 21.3. The predicted molar refractivity (Wildman–Crippen MR) is 136 cm³/mol. The van der Waals surface area contributed by atoms with Crippen LogP contribution in [0, 0.1) is 17.5 Å². The van der Waals surface area contributed by atoms with Gasteiger partial charge in [0.1, 0.15) is 28.6 Å². The van der Waals surface area contributed by atoms with Crippen LogP contribution in [0.5, 0.6) is 0 Å². The number of hydrogen-bond acceptors (Lipinski definition) is 3. The molecular formula is C29H32ClF3O3. The molecule has 0 aromatic heterocycles. The quantitative estimate of drug-likeness (QED) is 0.189. The fourth-order valence-corrected chi connectivity index (χ4v) is 4.57. The molecule has 0 bridgehead atoms. The van der Waals surface area contributed by atoms with E-state index in [1.54, 1.807) is 18.2 Å². The van der Waals surface area contributed by atoms with Crippen molar-refractivity contribution in [2.45, 2.75) is 64.3 Å². The van der Waals surface area contributed by atoms with Gasteiger partial charge in [-0.3, -0.25) is 0 Å². The van der Waals surface area contributed by atoms with E-state index in [4.69, 9.17) is 25.8 Å². The van der Waals surface area contributed by atoms with Gasteiger partial charge in [0.05, 0.1) is 13.2 Å². The van der Waals surface area contributed by atoms with E-state index in [1.807, 2.05) is 12.1 Å². The van der Waals surface area contributed by atoms with Gasteiger partial charge >= 0.3 is 0 Å². The Morgan fingerprint density at radius 1 is 0.889 bits per heavy atom. The van der Waals surface area contributed by atoms with Crippen LogP contribution in [0.25, 0.3) is 10.8 Å². The highest BCUT2D eigenvalue weighted by atomic mass is 35.5. The largest absolute Gasteiger partial charge is 0.373 e. The second-order valence-electron chi connectivity index (χ2n) is 9.30. The third-order valence-corrected chi connectivity index (χ3v) is 6.89. The number of hydrogen-bond donors (Lipinski definition) is 0. The number of rotatable bonds is 11. The lowest BCUT2D eigenvalue weighted by Gasteiger charge is -2.29. The average molecular weight is 521 g/mol. The molecule has 3 aromatic carbocycles. The highest BCUT2D eigenvalue weighted by Gasteiger charge is 2.24. The van der Waals surface area contributed by atoms with Crippen LogP contribution in [0.3, 0.4) is 0 Å². The Hall–Kier alpha value is -2.12. The average Bonchev–Trinajstić information content (AvgIpc) is 2.89. The van der Waals surface area contributed by atoms with Crippen LogP contribution in [-0.4, -0.2) is 25.9 Å². The van der Waals surface area contributed by atoms with Gasteiger partial charge in [-0.15, -0.1) is 0 Å². The Kier molecular flexibility index (Phi) is 9.66. The smallest absolute Gasteiger partial charge is 0.184 e. The van der Waals surface area contributed by atoms with E-state index in [0.717, 1.165) is 17.4 Å². The minimum Gasteiger partial charge on any atom is -0.373 e. The van der Waals surface area contributed by atoms with Crippen LogP contribution in [0.2, 0.25) is 5.02 Å². The van der Waals surface area contributed by atoms with E-state index in [-0.39, 0.29) is 18.3 Å². The Balaban J connectivity index is 1.33. The molecule has 1 aliphatic heterocycles. The number of benzene rings is 3. The number of ether oxygens (including phenoxy) is 3. The summed E-state index contributed by atoms with van der Waals surface area (Å²) >= 11 is 5.54. The van der Waals surface area contributed by atoms with Gasteiger partial charge in [-0.25, -0.2) is 13.2 Å². The van der Waals surface area contributed by atoms with Gasteiger partial charge in [0.15, 0.2) is 6.29 Å². The first-order valence-electron chi connectivity index (χ1n) is 12.7. The number of halogens is 4. The van der Waals surface area contributed by atoms with Gasteiger partial charge in [0, 0.05) is 17.6 Å². The number of fused-ring (bicyclic) bond motifs is 1. The number of aryl methyl sites for hydroxylation is 2. The minimum absolute atomic E-state index is 0.0736. The van der Waals surface area contributed by atoms with Crippen molar-refractivity contribution in [2.24, 2.45) is 0 Å². The first-order valence-corrected chi connectivity index (χ1v) is 13.0. The van der Waals surface area contributed by atoms with Crippen molar-refractivity contribution in [1.29, 1.82) is 0 Å². The fourth-order valence-electron chi connectivity index (χ4n) is 4.46. The molecule has 0 spiro atoms. The molecule has 3 aromatic rings. The van der Waals surface area contributed by atoms with Crippen LogP contribution in [-0.2, 0) is 27.1 Å². The molecule has 7 heteroatoms. The van der Waals surface area contributed by atoms with Crippen molar-refractivity contribution in [3.8, 4) is 0 Å². The highest BCUT2D eigenvalue weighted by molar-refractivity contribution is 6.30. The monoisotopic (exact) mass is 520 g/mol. The maximum Gasteiger partial charge on any atom is 0.184 e. The highest BCUT2D eigenvalue weighted by Crippen LogP contribution is 2.30. The molecule has 36 heavy (non-hydrogen) atoms. The van der Waals surface area contributed by atoms with Gasteiger partial charge in [-0.05, 0) is 54.0 Å². The summed E-state index contributed by atoms with van der Waals surface area (Å²) in [5.41, 5.74) is 1.72. The van der Waals surface area contributed by atoms with Gasteiger partial charge in [-0.1, -0.05) is 68.5 Å². The summed E-state index contributed by atoms with van der Waals surface area (Å²) in [6, 6.07) is 11.3. The van der Waals surface area contributed by atoms with Crippen LogP contribution in [0.1, 0.15) is 62.0 Å². The second kappa shape index (κ2) is 12.9. The van der Waals surface area contributed by atoms with Crippen molar-refractivity contribution in [2.75, 3.05) is 19.8 Å². The standard InChI is InChI=1S/C29H32ClF3O3/c1-2-3-4-5-6-13-34-23-17-35-29(36-18-23)22-11-12-24-21(16-22)10-9-20(28(24)33)8-7-19-14-25(31)27(30)26(32)15-19/h9-12,14-16,23,29H,2-8,13,17-18H2,1H3. The molecule has 3 nitrogen and oxygen atoms in total. The Labute approximate surface area is 215 Å². The summed E-state index contributed by atoms with van der Waals surface area (Å²) in [6.45, 7) is 3.82. The van der Waals surface area contributed by atoms with Gasteiger partial charge in [0.25, 0.3) is 0 Å². The summed E-state index contributed by atoms with van der Waals surface area (Å²) in [5.74, 6) is -1.97. The van der Waals surface area contributed by atoms with Crippen molar-refractivity contribution in [1.82, 2.24) is 0 Å². The van der Waals surface area contributed by atoms with Crippen LogP contribution < -0.4 is 0 Å². The second-order valence-corrected chi connectivity index (χ2v) is 9.68. The van der Waals surface area contributed by atoms with Crippen LogP contribution in [0.15, 0.2) is 42.5 Å². The van der Waals surface area contributed by atoms with Crippen molar-refractivity contribution >= 4 is 22.4 Å². The molecule has 0 aliphatic carbocycles. The third kappa shape index (κ3) is 6.80. The lowest BCUT2D eigenvalue weighted by atomic mass is 9.99. The first kappa shape index (κ1) is 26.9. The lowest BCUT2D eigenvalue weighted by molar-refractivity contribution is -0.230. The summed E-state index contributed by atoms with van der Waals surface area (Å²) in [6.07, 6.45) is 5.96. The van der Waals surface area contributed by atoms with E-state index in [0.29, 0.717) is 42.8 Å². The molecule has 0 unspecified atom stereocenters. The summed E-state index contributed by atoms with van der Waals surface area (Å²) in [4.78, 5) is 0. The molecule has 194 valence electrons. The SMILES string of the molecule is CCCCCCCOC1COC(c2ccc3c(F)c(CCc4cc(F)c(Cl)c(F)c4)ccc3c2)OC1. The molecular weight excluding hydrogens is 489 g/mol. The van der Waals surface area contributed by atoms with E-state index in [9.17, 15) is 8.78 Å². The molecule has 0 saturated carbocycles. The Morgan fingerprint density at radius 3 is 2.33 bits per heavy atom.